The Hall–Kier alpha value is -1.13. The lowest BCUT2D eigenvalue weighted by atomic mass is 10.1. The summed E-state index contributed by atoms with van der Waals surface area (Å²) in [5, 5.41) is 3.46. The third kappa shape index (κ3) is 3.91. The fourth-order valence-corrected chi connectivity index (χ4v) is 2.65. The zero-order valence-corrected chi connectivity index (χ0v) is 12.1. The number of pyridine rings is 1. The van der Waals surface area contributed by atoms with Gasteiger partial charge in [-0.3, -0.25) is 0 Å². The SMILES string of the molecule is CCCNCc1cccnc1N1CCC(COC)C1. The molecule has 19 heavy (non-hydrogen) atoms. The molecule has 1 unspecified atom stereocenters. The maximum atomic E-state index is 5.26. The van der Waals surface area contributed by atoms with Gasteiger partial charge in [-0.15, -0.1) is 0 Å². The quantitative estimate of drug-likeness (QED) is 0.764. The maximum Gasteiger partial charge on any atom is 0.133 e. The first-order valence-corrected chi connectivity index (χ1v) is 7.23. The summed E-state index contributed by atoms with van der Waals surface area (Å²) in [5.74, 6) is 1.79. The number of rotatable bonds is 7. The first-order valence-electron chi connectivity index (χ1n) is 7.23. The zero-order chi connectivity index (χ0) is 13.5. The van der Waals surface area contributed by atoms with Crippen molar-refractivity contribution in [1.82, 2.24) is 10.3 Å². The topological polar surface area (TPSA) is 37.4 Å². The van der Waals surface area contributed by atoms with E-state index in [-0.39, 0.29) is 0 Å². The van der Waals surface area contributed by atoms with Gasteiger partial charge in [0.25, 0.3) is 0 Å². The number of anilines is 1. The third-order valence-electron chi connectivity index (χ3n) is 3.60. The van der Waals surface area contributed by atoms with E-state index in [1.807, 2.05) is 12.3 Å². The molecule has 1 fully saturated rings. The lowest BCUT2D eigenvalue weighted by Crippen LogP contribution is -2.25. The first-order chi connectivity index (χ1) is 9.35. The molecule has 1 aliphatic rings. The summed E-state index contributed by atoms with van der Waals surface area (Å²) < 4.78 is 5.26. The molecule has 2 heterocycles. The van der Waals surface area contributed by atoms with E-state index in [0.29, 0.717) is 5.92 Å². The molecule has 1 saturated heterocycles. The number of nitrogens with zero attached hydrogens (tertiary/aromatic N) is 2. The van der Waals surface area contributed by atoms with Gasteiger partial charge in [0.2, 0.25) is 0 Å². The van der Waals surface area contributed by atoms with E-state index in [9.17, 15) is 0 Å². The summed E-state index contributed by atoms with van der Waals surface area (Å²) in [4.78, 5) is 6.97. The van der Waals surface area contributed by atoms with Crippen LogP contribution >= 0.6 is 0 Å². The highest BCUT2D eigenvalue weighted by Gasteiger charge is 2.24. The predicted molar refractivity (Wildman–Crippen MR) is 78.4 cm³/mol. The molecular weight excluding hydrogens is 238 g/mol. The monoisotopic (exact) mass is 263 g/mol. The Morgan fingerprint density at radius 1 is 1.53 bits per heavy atom. The second-order valence-corrected chi connectivity index (χ2v) is 5.22. The number of aromatic nitrogens is 1. The van der Waals surface area contributed by atoms with Gasteiger partial charge >= 0.3 is 0 Å². The van der Waals surface area contributed by atoms with E-state index < -0.39 is 0 Å². The molecule has 106 valence electrons. The van der Waals surface area contributed by atoms with Crippen LogP contribution in [0.2, 0.25) is 0 Å². The van der Waals surface area contributed by atoms with Gasteiger partial charge in [0.1, 0.15) is 5.82 Å². The van der Waals surface area contributed by atoms with Gasteiger partial charge < -0.3 is 15.0 Å². The number of ether oxygens (including phenoxy) is 1. The van der Waals surface area contributed by atoms with Crippen LogP contribution in [0.15, 0.2) is 18.3 Å². The lowest BCUT2D eigenvalue weighted by molar-refractivity contribution is 0.161. The van der Waals surface area contributed by atoms with Crippen molar-refractivity contribution in [1.29, 1.82) is 0 Å². The highest BCUT2D eigenvalue weighted by molar-refractivity contribution is 5.47. The van der Waals surface area contributed by atoms with Gasteiger partial charge in [-0.1, -0.05) is 13.0 Å². The molecule has 1 aromatic heterocycles. The minimum atomic E-state index is 0.642. The molecule has 2 rings (SSSR count). The van der Waals surface area contributed by atoms with Crippen LogP contribution < -0.4 is 10.2 Å². The normalized spacial score (nSPS) is 19.1. The lowest BCUT2D eigenvalue weighted by Gasteiger charge is -2.20. The average molecular weight is 263 g/mol. The van der Waals surface area contributed by atoms with E-state index in [1.165, 1.54) is 12.0 Å². The van der Waals surface area contributed by atoms with Crippen molar-refractivity contribution in [3.05, 3.63) is 23.9 Å². The molecule has 1 aromatic rings. The van der Waals surface area contributed by atoms with Gasteiger partial charge in [0.05, 0.1) is 6.61 Å². The van der Waals surface area contributed by atoms with Gasteiger partial charge in [-0.05, 0) is 25.5 Å². The zero-order valence-electron chi connectivity index (χ0n) is 12.1. The van der Waals surface area contributed by atoms with Crippen molar-refractivity contribution in [3.63, 3.8) is 0 Å². The summed E-state index contributed by atoms with van der Waals surface area (Å²) in [6.45, 7) is 7.15. The maximum absolute atomic E-state index is 5.26. The van der Waals surface area contributed by atoms with Crippen LogP contribution in [0.3, 0.4) is 0 Å². The average Bonchev–Trinajstić information content (AvgIpc) is 2.89. The summed E-state index contributed by atoms with van der Waals surface area (Å²) >= 11 is 0. The van der Waals surface area contributed by atoms with Crippen LogP contribution in [0, 0.1) is 5.92 Å². The molecule has 0 amide bonds. The Morgan fingerprint density at radius 2 is 2.42 bits per heavy atom. The van der Waals surface area contributed by atoms with Crippen LogP contribution in [0.25, 0.3) is 0 Å². The largest absolute Gasteiger partial charge is 0.384 e. The second-order valence-electron chi connectivity index (χ2n) is 5.22. The van der Waals surface area contributed by atoms with Gasteiger partial charge in [0.15, 0.2) is 0 Å². The van der Waals surface area contributed by atoms with Gasteiger partial charge in [-0.25, -0.2) is 4.98 Å². The van der Waals surface area contributed by atoms with E-state index in [4.69, 9.17) is 4.74 Å². The summed E-state index contributed by atoms with van der Waals surface area (Å²) in [6, 6.07) is 4.20. The second kappa shape index (κ2) is 7.46. The van der Waals surface area contributed by atoms with E-state index in [2.05, 4.69) is 28.2 Å². The van der Waals surface area contributed by atoms with Crippen molar-refractivity contribution >= 4 is 5.82 Å². The summed E-state index contributed by atoms with van der Waals surface area (Å²) in [6.07, 6.45) is 4.25. The highest BCUT2D eigenvalue weighted by atomic mass is 16.5. The fraction of sp³-hybridized carbons (Fsp3) is 0.667. The first kappa shape index (κ1) is 14.3. The molecular formula is C15H25N3O. The fourth-order valence-electron chi connectivity index (χ4n) is 2.65. The van der Waals surface area contributed by atoms with Crippen LogP contribution in [-0.4, -0.2) is 38.3 Å². The van der Waals surface area contributed by atoms with Crippen molar-refractivity contribution in [2.75, 3.05) is 38.3 Å². The Morgan fingerprint density at radius 3 is 3.21 bits per heavy atom. The third-order valence-corrected chi connectivity index (χ3v) is 3.60. The predicted octanol–water partition coefficient (Wildman–Crippen LogP) is 2.05. The Balaban J connectivity index is 1.99. The van der Waals surface area contributed by atoms with Crippen molar-refractivity contribution in [3.8, 4) is 0 Å². The number of hydrogen-bond donors (Lipinski definition) is 1. The van der Waals surface area contributed by atoms with Crippen LogP contribution in [0.5, 0.6) is 0 Å². The van der Waals surface area contributed by atoms with Crippen LogP contribution in [-0.2, 0) is 11.3 Å². The Labute approximate surface area is 116 Å². The van der Waals surface area contributed by atoms with Gasteiger partial charge in [0, 0.05) is 44.4 Å². The van der Waals surface area contributed by atoms with Crippen LogP contribution in [0.4, 0.5) is 5.82 Å². The standard InChI is InChI=1S/C15H25N3O/c1-3-7-16-10-14-5-4-8-17-15(14)18-9-6-13(11-18)12-19-2/h4-5,8,13,16H,3,6-7,9-12H2,1-2H3. The molecule has 0 aromatic carbocycles. The molecule has 0 saturated carbocycles. The van der Waals surface area contributed by atoms with Crippen molar-refractivity contribution < 1.29 is 4.74 Å². The molecule has 4 heteroatoms. The number of methoxy groups -OCH3 is 1. The molecule has 4 nitrogen and oxygen atoms in total. The minimum absolute atomic E-state index is 0.642. The smallest absolute Gasteiger partial charge is 0.133 e. The molecule has 1 aliphatic heterocycles. The highest BCUT2D eigenvalue weighted by Crippen LogP contribution is 2.25. The Bertz CT molecular complexity index is 383. The molecule has 0 spiro atoms. The Kier molecular flexibility index (Phi) is 5.61. The summed E-state index contributed by atoms with van der Waals surface area (Å²) in [5.41, 5.74) is 1.30. The van der Waals surface area contributed by atoms with E-state index in [1.54, 1.807) is 7.11 Å². The molecule has 0 aliphatic carbocycles. The van der Waals surface area contributed by atoms with Gasteiger partial charge in [-0.2, -0.15) is 0 Å². The summed E-state index contributed by atoms with van der Waals surface area (Å²) in [7, 11) is 1.78. The molecule has 1 N–H and O–H groups in total. The minimum Gasteiger partial charge on any atom is -0.384 e. The molecule has 1 atom stereocenters. The van der Waals surface area contributed by atoms with Crippen molar-refractivity contribution in [2.45, 2.75) is 26.3 Å². The molecule has 0 radical (unpaired) electrons. The number of nitrogens with one attached hydrogen (secondary N) is 1. The van der Waals surface area contributed by atoms with Crippen molar-refractivity contribution in [2.24, 2.45) is 5.92 Å². The van der Waals surface area contributed by atoms with Crippen LogP contribution in [0.1, 0.15) is 25.3 Å². The van der Waals surface area contributed by atoms with E-state index in [0.717, 1.165) is 45.0 Å². The van der Waals surface area contributed by atoms with E-state index >= 15 is 0 Å². The molecule has 0 bridgehead atoms. The number of hydrogen-bond acceptors (Lipinski definition) is 4.